The largest absolute Gasteiger partial charge is 0.459 e. The second kappa shape index (κ2) is 6.46. The van der Waals surface area contributed by atoms with Crippen LogP contribution in [0.5, 0.6) is 0 Å². The molecule has 1 fully saturated rings. The topological polar surface area (TPSA) is 61.6 Å². The molecule has 1 unspecified atom stereocenters. The number of nitrogens with two attached hydrogens (primary N) is 1. The minimum Gasteiger partial charge on any atom is -0.459 e. The predicted molar refractivity (Wildman–Crippen MR) is 74.7 cm³/mol. The molecule has 1 atom stereocenters. The van der Waals surface area contributed by atoms with E-state index in [1.54, 1.807) is 0 Å². The average molecular weight is 304 g/mol. The Morgan fingerprint density at radius 3 is 2.89 bits per heavy atom. The van der Waals surface area contributed by atoms with Gasteiger partial charge in [-0.05, 0) is 31.4 Å². The van der Waals surface area contributed by atoms with Crippen LogP contribution in [0.3, 0.4) is 0 Å². The molecule has 6 heteroatoms. The molecule has 0 bridgehead atoms. The smallest absolute Gasteiger partial charge is 0.339 e. The third-order valence-electron chi connectivity index (χ3n) is 2.94. The first-order valence-electron chi connectivity index (χ1n) is 6.11. The fraction of sp³-hybridized carbons (Fsp3) is 0.462. The maximum atomic E-state index is 11.9. The molecule has 0 aromatic heterocycles. The van der Waals surface area contributed by atoms with Gasteiger partial charge < -0.3 is 15.2 Å². The van der Waals surface area contributed by atoms with Crippen molar-refractivity contribution in [2.45, 2.75) is 25.4 Å². The van der Waals surface area contributed by atoms with E-state index in [1.165, 1.54) is 12.1 Å². The lowest BCUT2D eigenvalue weighted by Gasteiger charge is -2.22. The van der Waals surface area contributed by atoms with E-state index >= 15 is 0 Å². The lowest BCUT2D eigenvalue weighted by molar-refractivity contribution is -0.0300. The van der Waals surface area contributed by atoms with Crippen LogP contribution in [0.1, 0.15) is 29.6 Å². The maximum absolute atomic E-state index is 11.9. The van der Waals surface area contributed by atoms with Gasteiger partial charge in [-0.2, -0.15) is 0 Å². The Kier molecular flexibility index (Phi) is 4.91. The molecule has 0 radical (unpaired) electrons. The van der Waals surface area contributed by atoms with Crippen LogP contribution >= 0.6 is 23.2 Å². The van der Waals surface area contributed by atoms with Crippen molar-refractivity contribution < 1.29 is 14.3 Å². The van der Waals surface area contributed by atoms with Crippen molar-refractivity contribution >= 4 is 34.9 Å². The Morgan fingerprint density at radius 1 is 1.42 bits per heavy atom. The van der Waals surface area contributed by atoms with Crippen LogP contribution < -0.4 is 5.73 Å². The number of benzene rings is 1. The summed E-state index contributed by atoms with van der Waals surface area (Å²) in [5.74, 6) is -0.534. The summed E-state index contributed by atoms with van der Waals surface area (Å²) >= 11 is 11.8. The zero-order valence-corrected chi connectivity index (χ0v) is 11.8. The molecule has 1 heterocycles. The van der Waals surface area contributed by atoms with Gasteiger partial charge in [-0.25, -0.2) is 4.79 Å². The lowest BCUT2D eigenvalue weighted by Crippen LogP contribution is -2.26. The molecular formula is C13H15Cl2NO3. The zero-order valence-electron chi connectivity index (χ0n) is 10.3. The Hall–Kier alpha value is -0.970. The first kappa shape index (κ1) is 14.4. The molecule has 1 aromatic carbocycles. The van der Waals surface area contributed by atoms with Gasteiger partial charge in [0.2, 0.25) is 0 Å². The number of hydrogen-bond acceptors (Lipinski definition) is 4. The monoisotopic (exact) mass is 303 g/mol. The highest BCUT2D eigenvalue weighted by atomic mass is 35.5. The van der Waals surface area contributed by atoms with Gasteiger partial charge in [0.05, 0.1) is 21.7 Å². The Morgan fingerprint density at radius 2 is 2.21 bits per heavy atom. The summed E-state index contributed by atoms with van der Waals surface area (Å²) < 4.78 is 10.7. The zero-order chi connectivity index (χ0) is 13.8. The van der Waals surface area contributed by atoms with E-state index in [2.05, 4.69) is 0 Å². The summed E-state index contributed by atoms with van der Waals surface area (Å²) in [7, 11) is 0. The SMILES string of the molecule is Nc1cc(Cl)c(Cl)c(C(=O)OCC2CCCCO2)c1. The molecule has 1 aliphatic heterocycles. The van der Waals surface area contributed by atoms with Crippen LogP contribution in [0.4, 0.5) is 5.69 Å². The van der Waals surface area contributed by atoms with Gasteiger partial charge in [0.1, 0.15) is 6.61 Å². The van der Waals surface area contributed by atoms with Gasteiger partial charge in [0.15, 0.2) is 0 Å². The molecule has 1 aliphatic rings. The second-order valence-electron chi connectivity index (χ2n) is 4.45. The number of hydrogen-bond donors (Lipinski definition) is 1. The van der Waals surface area contributed by atoms with Crippen molar-refractivity contribution in [2.24, 2.45) is 0 Å². The summed E-state index contributed by atoms with van der Waals surface area (Å²) in [5.41, 5.74) is 6.18. The van der Waals surface area contributed by atoms with Gasteiger partial charge in [-0.3, -0.25) is 0 Å². The quantitative estimate of drug-likeness (QED) is 0.687. The van der Waals surface area contributed by atoms with Gasteiger partial charge in [0, 0.05) is 12.3 Å². The number of nitrogen functional groups attached to an aromatic ring is 1. The van der Waals surface area contributed by atoms with E-state index < -0.39 is 5.97 Å². The van der Waals surface area contributed by atoms with E-state index in [4.69, 9.17) is 38.4 Å². The van der Waals surface area contributed by atoms with Crippen molar-refractivity contribution in [3.8, 4) is 0 Å². The van der Waals surface area contributed by atoms with Crippen molar-refractivity contribution in [1.29, 1.82) is 0 Å². The molecule has 2 rings (SSSR count). The van der Waals surface area contributed by atoms with Crippen LogP contribution in [0.25, 0.3) is 0 Å². The Labute approximate surface area is 121 Å². The first-order chi connectivity index (χ1) is 9.08. The fourth-order valence-corrected chi connectivity index (χ4v) is 2.36. The highest BCUT2D eigenvalue weighted by molar-refractivity contribution is 6.44. The highest BCUT2D eigenvalue weighted by Gasteiger charge is 2.19. The van der Waals surface area contributed by atoms with Gasteiger partial charge in [0.25, 0.3) is 0 Å². The van der Waals surface area contributed by atoms with Crippen molar-refractivity contribution in [3.63, 3.8) is 0 Å². The van der Waals surface area contributed by atoms with E-state index in [9.17, 15) is 4.79 Å². The summed E-state index contributed by atoms with van der Waals surface area (Å²) in [6, 6.07) is 2.95. The van der Waals surface area contributed by atoms with E-state index in [0.717, 1.165) is 19.3 Å². The van der Waals surface area contributed by atoms with E-state index in [1.807, 2.05) is 0 Å². The summed E-state index contributed by atoms with van der Waals surface area (Å²) in [4.78, 5) is 11.9. The van der Waals surface area contributed by atoms with Gasteiger partial charge >= 0.3 is 5.97 Å². The number of carbonyl (C=O) groups is 1. The minimum atomic E-state index is -0.534. The molecule has 1 saturated heterocycles. The number of rotatable bonds is 3. The molecule has 0 amide bonds. The van der Waals surface area contributed by atoms with Crippen LogP contribution in [0, 0.1) is 0 Å². The molecular weight excluding hydrogens is 289 g/mol. The number of esters is 1. The van der Waals surface area contributed by atoms with Crippen molar-refractivity contribution in [1.82, 2.24) is 0 Å². The molecule has 104 valence electrons. The molecule has 0 spiro atoms. The number of anilines is 1. The standard InChI is InChI=1S/C13H15Cl2NO3/c14-11-6-8(16)5-10(12(11)15)13(17)19-7-9-3-1-2-4-18-9/h5-6,9H,1-4,7,16H2. The van der Waals surface area contributed by atoms with Gasteiger partial charge in [-0.15, -0.1) is 0 Å². The fourth-order valence-electron chi connectivity index (χ4n) is 1.94. The normalized spacial score (nSPS) is 19.2. The van der Waals surface area contributed by atoms with Gasteiger partial charge in [-0.1, -0.05) is 23.2 Å². The summed E-state index contributed by atoms with van der Waals surface area (Å²) in [6.07, 6.45) is 3.01. The second-order valence-corrected chi connectivity index (χ2v) is 5.24. The maximum Gasteiger partial charge on any atom is 0.339 e. The first-order valence-corrected chi connectivity index (χ1v) is 6.87. The van der Waals surface area contributed by atoms with E-state index in [0.29, 0.717) is 12.3 Å². The minimum absolute atomic E-state index is 0.0343. The molecule has 4 nitrogen and oxygen atoms in total. The molecule has 0 saturated carbocycles. The molecule has 1 aromatic rings. The molecule has 19 heavy (non-hydrogen) atoms. The summed E-state index contributed by atoms with van der Waals surface area (Å²) in [6.45, 7) is 0.939. The Balaban J connectivity index is 1.99. The third-order valence-corrected chi connectivity index (χ3v) is 3.75. The molecule has 0 aliphatic carbocycles. The van der Waals surface area contributed by atoms with Crippen LogP contribution in [0.15, 0.2) is 12.1 Å². The number of ether oxygens (including phenoxy) is 2. The van der Waals surface area contributed by atoms with Crippen molar-refractivity contribution in [3.05, 3.63) is 27.7 Å². The number of carbonyl (C=O) groups excluding carboxylic acids is 1. The van der Waals surface area contributed by atoms with Crippen LogP contribution in [-0.2, 0) is 9.47 Å². The predicted octanol–water partition coefficient (Wildman–Crippen LogP) is 3.30. The highest BCUT2D eigenvalue weighted by Crippen LogP contribution is 2.29. The average Bonchev–Trinajstić information content (AvgIpc) is 2.41. The van der Waals surface area contributed by atoms with Crippen LogP contribution in [-0.4, -0.2) is 25.3 Å². The van der Waals surface area contributed by atoms with Crippen molar-refractivity contribution in [2.75, 3.05) is 18.9 Å². The number of halogens is 2. The summed E-state index contributed by atoms with van der Waals surface area (Å²) in [5, 5.41) is 0.396. The van der Waals surface area contributed by atoms with Crippen LogP contribution in [0.2, 0.25) is 10.0 Å². The Bertz CT molecular complexity index is 473. The van der Waals surface area contributed by atoms with E-state index in [-0.39, 0.29) is 28.3 Å². The molecule has 2 N–H and O–H groups in total. The lowest BCUT2D eigenvalue weighted by atomic mass is 10.1. The third kappa shape index (κ3) is 3.75.